The lowest BCUT2D eigenvalue weighted by Gasteiger charge is -2.19. The summed E-state index contributed by atoms with van der Waals surface area (Å²) >= 11 is 1.46. The minimum Gasteiger partial charge on any atom is -0.497 e. The number of anilines is 2. The van der Waals surface area contributed by atoms with Crippen LogP contribution in [0.2, 0.25) is 0 Å². The Morgan fingerprint density at radius 3 is 2.81 bits per heavy atom. The number of ether oxygens (including phenoxy) is 1. The van der Waals surface area contributed by atoms with Gasteiger partial charge in [-0.2, -0.15) is 0 Å². The number of benzene rings is 1. The van der Waals surface area contributed by atoms with Crippen LogP contribution in [-0.2, 0) is 12.8 Å². The summed E-state index contributed by atoms with van der Waals surface area (Å²) in [6.07, 6.45) is 5.11. The van der Waals surface area contributed by atoms with Crippen molar-refractivity contribution in [1.82, 2.24) is 15.0 Å². The zero-order valence-electron chi connectivity index (χ0n) is 14.9. The number of carbonyl (C=O) groups is 1. The van der Waals surface area contributed by atoms with Gasteiger partial charge in [0.05, 0.1) is 12.8 Å². The second kappa shape index (κ2) is 7.71. The Balaban J connectivity index is 1.45. The molecule has 0 radical (unpaired) electrons. The van der Waals surface area contributed by atoms with Gasteiger partial charge in [-0.1, -0.05) is 6.07 Å². The minimum atomic E-state index is -0.190. The number of nitrogens with zero attached hydrogens (tertiary/aromatic N) is 4. The van der Waals surface area contributed by atoms with Crippen molar-refractivity contribution in [2.45, 2.75) is 12.8 Å². The van der Waals surface area contributed by atoms with Crippen molar-refractivity contribution in [1.29, 1.82) is 0 Å². The predicted molar refractivity (Wildman–Crippen MR) is 105 cm³/mol. The molecule has 0 atom stereocenters. The molecule has 1 aliphatic heterocycles. The number of carbonyl (C=O) groups excluding carboxylic acids is 1. The molecule has 8 heteroatoms. The van der Waals surface area contributed by atoms with Crippen LogP contribution in [0.25, 0.3) is 0 Å². The Hall–Kier alpha value is -3.00. The van der Waals surface area contributed by atoms with E-state index in [1.165, 1.54) is 11.3 Å². The molecule has 0 bridgehead atoms. The molecular formula is C19H19N5O2S. The SMILES string of the molecule is COc1cccc(NC(=O)c2nc3c(s2)CCN(c2ncccn2)CC3)c1. The molecule has 2 aromatic heterocycles. The van der Waals surface area contributed by atoms with Crippen molar-refractivity contribution < 1.29 is 9.53 Å². The van der Waals surface area contributed by atoms with Crippen molar-refractivity contribution in [3.05, 3.63) is 58.3 Å². The number of amides is 1. The number of nitrogens with one attached hydrogen (secondary N) is 1. The lowest BCUT2D eigenvalue weighted by molar-refractivity contribution is 0.102. The molecule has 1 amide bonds. The quantitative estimate of drug-likeness (QED) is 0.749. The number of hydrogen-bond donors (Lipinski definition) is 1. The summed E-state index contributed by atoms with van der Waals surface area (Å²) in [5, 5.41) is 3.38. The van der Waals surface area contributed by atoms with E-state index in [9.17, 15) is 4.79 Å². The zero-order chi connectivity index (χ0) is 18.6. The highest BCUT2D eigenvalue weighted by atomic mass is 32.1. The van der Waals surface area contributed by atoms with E-state index in [1.807, 2.05) is 24.3 Å². The molecule has 0 saturated carbocycles. The molecular weight excluding hydrogens is 362 g/mol. The van der Waals surface area contributed by atoms with E-state index in [0.717, 1.165) is 42.5 Å². The Labute approximate surface area is 161 Å². The first kappa shape index (κ1) is 17.4. The highest BCUT2D eigenvalue weighted by Crippen LogP contribution is 2.25. The number of methoxy groups -OCH3 is 1. The van der Waals surface area contributed by atoms with Crippen LogP contribution < -0.4 is 15.0 Å². The summed E-state index contributed by atoms with van der Waals surface area (Å²) in [7, 11) is 1.60. The lowest BCUT2D eigenvalue weighted by atomic mass is 10.2. The van der Waals surface area contributed by atoms with E-state index in [-0.39, 0.29) is 5.91 Å². The van der Waals surface area contributed by atoms with Crippen molar-refractivity contribution in [2.24, 2.45) is 0 Å². The summed E-state index contributed by atoms with van der Waals surface area (Å²) in [4.78, 5) is 29.1. The van der Waals surface area contributed by atoms with Gasteiger partial charge < -0.3 is 15.0 Å². The molecule has 3 aromatic rings. The van der Waals surface area contributed by atoms with Gasteiger partial charge in [0.25, 0.3) is 5.91 Å². The number of aromatic nitrogens is 3. The zero-order valence-corrected chi connectivity index (χ0v) is 15.7. The number of thiazole rings is 1. The molecule has 0 fully saturated rings. The topological polar surface area (TPSA) is 80.2 Å². The van der Waals surface area contributed by atoms with Gasteiger partial charge >= 0.3 is 0 Å². The van der Waals surface area contributed by atoms with Gasteiger partial charge in [0.15, 0.2) is 5.01 Å². The molecule has 1 aliphatic rings. The summed E-state index contributed by atoms with van der Waals surface area (Å²) in [6, 6.07) is 9.10. The standard InChI is InChI=1S/C19H19N5O2S/c1-26-14-5-2-4-13(12-14)22-17(25)18-23-15-6-10-24(11-7-16(15)27-18)19-20-8-3-9-21-19/h2-5,8-9,12H,6-7,10-11H2,1H3,(H,22,25). The molecule has 7 nitrogen and oxygen atoms in total. The molecule has 0 saturated heterocycles. The van der Waals surface area contributed by atoms with Gasteiger partial charge in [-0.05, 0) is 18.2 Å². The molecule has 138 valence electrons. The third-order valence-electron chi connectivity index (χ3n) is 4.36. The van der Waals surface area contributed by atoms with Crippen molar-refractivity contribution >= 4 is 28.9 Å². The summed E-state index contributed by atoms with van der Waals surface area (Å²) in [5.41, 5.74) is 1.69. The van der Waals surface area contributed by atoms with Gasteiger partial charge in [0.2, 0.25) is 5.95 Å². The molecule has 0 aliphatic carbocycles. The Morgan fingerprint density at radius 1 is 1.19 bits per heavy atom. The van der Waals surface area contributed by atoms with E-state index >= 15 is 0 Å². The van der Waals surface area contributed by atoms with Gasteiger partial charge in [0, 0.05) is 55.0 Å². The number of hydrogen-bond acceptors (Lipinski definition) is 7. The van der Waals surface area contributed by atoms with Crippen molar-refractivity contribution in [3.8, 4) is 5.75 Å². The third-order valence-corrected chi connectivity index (χ3v) is 5.52. The average Bonchev–Trinajstić information content (AvgIpc) is 3.02. The van der Waals surface area contributed by atoms with E-state index in [2.05, 4.69) is 25.2 Å². The van der Waals surface area contributed by atoms with Crippen LogP contribution in [0.4, 0.5) is 11.6 Å². The molecule has 1 aromatic carbocycles. The van der Waals surface area contributed by atoms with E-state index in [4.69, 9.17) is 4.74 Å². The fourth-order valence-corrected chi connectivity index (χ4v) is 3.99. The Morgan fingerprint density at radius 2 is 2.00 bits per heavy atom. The van der Waals surface area contributed by atoms with Crippen LogP contribution in [0.15, 0.2) is 42.7 Å². The first-order valence-corrected chi connectivity index (χ1v) is 9.50. The molecule has 1 N–H and O–H groups in total. The highest BCUT2D eigenvalue weighted by molar-refractivity contribution is 7.13. The van der Waals surface area contributed by atoms with Gasteiger partial charge in [-0.3, -0.25) is 4.79 Å². The van der Waals surface area contributed by atoms with Crippen LogP contribution in [-0.4, -0.2) is 41.1 Å². The van der Waals surface area contributed by atoms with Crippen LogP contribution >= 0.6 is 11.3 Å². The Bertz CT molecular complexity index is 919. The maximum absolute atomic E-state index is 12.6. The van der Waals surface area contributed by atoms with Crippen molar-refractivity contribution in [3.63, 3.8) is 0 Å². The fourth-order valence-electron chi connectivity index (χ4n) is 3.00. The van der Waals surface area contributed by atoms with E-state index in [0.29, 0.717) is 16.4 Å². The van der Waals surface area contributed by atoms with E-state index < -0.39 is 0 Å². The van der Waals surface area contributed by atoms with Gasteiger partial charge in [0.1, 0.15) is 5.75 Å². The summed E-state index contributed by atoms with van der Waals surface area (Å²) < 4.78 is 5.19. The first-order valence-electron chi connectivity index (χ1n) is 8.69. The fraction of sp³-hybridized carbons (Fsp3) is 0.263. The monoisotopic (exact) mass is 381 g/mol. The largest absolute Gasteiger partial charge is 0.497 e. The molecule has 0 spiro atoms. The number of rotatable bonds is 4. The second-order valence-corrected chi connectivity index (χ2v) is 7.19. The van der Waals surface area contributed by atoms with Gasteiger partial charge in [-0.15, -0.1) is 11.3 Å². The maximum Gasteiger partial charge on any atom is 0.284 e. The highest BCUT2D eigenvalue weighted by Gasteiger charge is 2.22. The number of fused-ring (bicyclic) bond motifs is 1. The summed E-state index contributed by atoms with van der Waals surface area (Å²) in [6.45, 7) is 1.60. The first-order chi connectivity index (χ1) is 13.2. The second-order valence-electron chi connectivity index (χ2n) is 6.11. The normalized spacial score (nSPS) is 13.6. The van der Waals surface area contributed by atoms with Crippen LogP contribution in [0.5, 0.6) is 5.75 Å². The molecule has 3 heterocycles. The van der Waals surface area contributed by atoms with E-state index in [1.54, 1.807) is 25.6 Å². The van der Waals surface area contributed by atoms with Crippen LogP contribution in [0.1, 0.15) is 20.4 Å². The molecule has 27 heavy (non-hydrogen) atoms. The Kier molecular flexibility index (Phi) is 4.97. The van der Waals surface area contributed by atoms with Crippen molar-refractivity contribution in [2.75, 3.05) is 30.4 Å². The average molecular weight is 381 g/mol. The smallest absolute Gasteiger partial charge is 0.284 e. The van der Waals surface area contributed by atoms with Crippen LogP contribution in [0, 0.1) is 0 Å². The third kappa shape index (κ3) is 3.90. The lowest BCUT2D eigenvalue weighted by Crippen LogP contribution is -2.27. The molecule has 4 rings (SSSR count). The minimum absolute atomic E-state index is 0.190. The van der Waals surface area contributed by atoms with Gasteiger partial charge in [-0.25, -0.2) is 15.0 Å². The van der Waals surface area contributed by atoms with Crippen LogP contribution in [0.3, 0.4) is 0 Å². The molecule has 0 unspecified atom stereocenters. The summed E-state index contributed by atoms with van der Waals surface area (Å²) in [5.74, 6) is 1.25. The maximum atomic E-state index is 12.6. The predicted octanol–water partition coefficient (Wildman–Crippen LogP) is 2.80.